The Kier molecular flexibility index (Phi) is 13.5. The monoisotopic (exact) mass is 744 g/mol. The summed E-state index contributed by atoms with van der Waals surface area (Å²) in [5, 5.41) is 9.25. The molecule has 4 heterocycles. The van der Waals surface area contributed by atoms with Crippen molar-refractivity contribution in [3.05, 3.63) is 84.4 Å². The molecule has 2 saturated heterocycles. The first-order valence-electron chi connectivity index (χ1n) is 16.6. The highest BCUT2D eigenvalue weighted by Gasteiger charge is 2.29. The van der Waals surface area contributed by atoms with Crippen LogP contribution in [0.25, 0.3) is 0 Å². The van der Waals surface area contributed by atoms with Gasteiger partial charge in [-0.2, -0.15) is 17.6 Å². The summed E-state index contributed by atoms with van der Waals surface area (Å²) in [5.74, 6) is 0.349. The summed E-state index contributed by atoms with van der Waals surface area (Å²) >= 11 is 0. The van der Waals surface area contributed by atoms with Gasteiger partial charge in [-0.25, -0.2) is 24.7 Å². The fourth-order valence-corrected chi connectivity index (χ4v) is 5.03. The first kappa shape index (κ1) is 38.9. The van der Waals surface area contributed by atoms with Gasteiger partial charge in [0.2, 0.25) is 11.9 Å². The number of benzene rings is 2. The van der Waals surface area contributed by atoms with Gasteiger partial charge < -0.3 is 44.5 Å². The van der Waals surface area contributed by atoms with Crippen molar-refractivity contribution in [2.24, 2.45) is 0 Å². The van der Waals surface area contributed by atoms with Crippen molar-refractivity contribution in [1.82, 2.24) is 30.2 Å². The molecule has 4 aromatic rings. The molecule has 2 fully saturated rings. The van der Waals surface area contributed by atoms with E-state index in [1.54, 1.807) is 4.90 Å². The normalized spacial score (nSPS) is 17.4. The molecule has 3 N–H and O–H groups in total. The van der Waals surface area contributed by atoms with Crippen LogP contribution in [0.4, 0.5) is 45.6 Å². The van der Waals surface area contributed by atoms with E-state index in [0.717, 1.165) is 42.3 Å². The van der Waals surface area contributed by atoms with Gasteiger partial charge in [0.25, 0.3) is 0 Å². The third-order valence-corrected chi connectivity index (χ3v) is 7.43. The Balaban J connectivity index is 0.000000211. The van der Waals surface area contributed by atoms with Crippen LogP contribution in [0.1, 0.15) is 44.1 Å². The number of aromatic nitrogens is 4. The van der Waals surface area contributed by atoms with Gasteiger partial charge in [0.15, 0.2) is 11.5 Å². The molecule has 2 aliphatic heterocycles. The fourth-order valence-electron chi connectivity index (χ4n) is 5.03. The van der Waals surface area contributed by atoms with Crippen molar-refractivity contribution < 1.29 is 46.0 Å². The Morgan fingerprint density at radius 1 is 0.774 bits per heavy atom. The number of anilines is 4. The molecule has 18 heteroatoms. The molecule has 0 radical (unpaired) electrons. The number of alkyl halides is 4. The molecule has 284 valence electrons. The number of carbonyl (C=O) groups excluding carboxylic acids is 1. The van der Waals surface area contributed by atoms with Crippen LogP contribution in [-0.4, -0.2) is 89.1 Å². The van der Waals surface area contributed by atoms with E-state index in [-0.39, 0.29) is 35.7 Å². The van der Waals surface area contributed by atoms with Crippen LogP contribution in [0.2, 0.25) is 0 Å². The minimum atomic E-state index is -2.92. The van der Waals surface area contributed by atoms with Crippen molar-refractivity contribution in [2.45, 2.75) is 51.8 Å². The lowest BCUT2D eigenvalue weighted by Gasteiger charge is -2.34. The van der Waals surface area contributed by atoms with Crippen molar-refractivity contribution in [3.8, 4) is 11.5 Å². The molecule has 6 rings (SSSR count). The molecule has 0 aliphatic carbocycles. The van der Waals surface area contributed by atoms with Crippen LogP contribution < -0.4 is 25.4 Å². The van der Waals surface area contributed by atoms with Gasteiger partial charge in [0, 0.05) is 31.0 Å². The van der Waals surface area contributed by atoms with Gasteiger partial charge in [-0.1, -0.05) is 24.3 Å². The molecular formula is C35H40F4N8O6. The number of nitrogens with one attached hydrogen (secondary N) is 3. The Labute approximate surface area is 303 Å². The molecule has 0 saturated carbocycles. The standard InChI is InChI=1S/C20H24F2N4O4.C15H16F2N4O2/c1-20(2,3)30-19(27)26-8-9-28-16(12-26)13-4-6-14(7-5-13)25-18-23-10-15(11-24-18)29-17(21)22;16-14(17)23-12-7-19-15(20-8-12)21-11-3-1-10(2-4-11)13-9-18-5-6-22-13/h4-7,10-11,16-17H,8-9,12H2,1-3H3,(H,23,24,25);1-4,7-8,13-14,18H,5-6,9H2,(H,19,20,21)/t16-;13-/m00/s1. The van der Waals surface area contributed by atoms with E-state index in [0.29, 0.717) is 37.9 Å². The van der Waals surface area contributed by atoms with Crippen LogP contribution in [0, 0.1) is 0 Å². The largest absolute Gasteiger partial charge is 0.444 e. The SMILES string of the molecule is CC(C)(C)OC(=O)N1CCO[C@H](c2ccc(Nc3ncc(OC(F)F)cn3)cc2)C1.FC(F)Oc1cnc(Nc2ccc([C@@H]3CNCCO3)cc2)nc1. The predicted octanol–water partition coefficient (Wildman–Crippen LogP) is 6.61. The molecule has 0 spiro atoms. The third-order valence-electron chi connectivity index (χ3n) is 7.43. The number of morpholine rings is 2. The van der Waals surface area contributed by atoms with Gasteiger partial charge in [0.05, 0.1) is 50.6 Å². The lowest BCUT2D eigenvalue weighted by molar-refractivity contribution is -0.0509. The van der Waals surface area contributed by atoms with E-state index in [4.69, 9.17) is 14.2 Å². The maximum atomic E-state index is 12.3. The second-order valence-electron chi connectivity index (χ2n) is 12.6. The van der Waals surface area contributed by atoms with E-state index in [2.05, 4.69) is 45.4 Å². The summed E-state index contributed by atoms with van der Waals surface area (Å²) in [7, 11) is 0. The highest BCUT2D eigenvalue weighted by molar-refractivity contribution is 5.68. The number of amides is 1. The number of nitrogens with zero attached hydrogens (tertiary/aromatic N) is 5. The number of ether oxygens (including phenoxy) is 5. The Morgan fingerprint density at radius 2 is 1.25 bits per heavy atom. The fraction of sp³-hybridized carbons (Fsp3) is 0.400. The van der Waals surface area contributed by atoms with Crippen LogP contribution >= 0.6 is 0 Å². The van der Waals surface area contributed by atoms with Gasteiger partial charge in [-0.3, -0.25) is 0 Å². The zero-order chi connectivity index (χ0) is 37.8. The average molecular weight is 745 g/mol. The Morgan fingerprint density at radius 3 is 1.68 bits per heavy atom. The van der Waals surface area contributed by atoms with E-state index in [9.17, 15) is 22.4 Å². The molecule has 14 nitrogen and oxygen atoms in total. The number of rotatable bonds is 10. The lowest BCUT2D eigenvalue weighted by atomic mass is 10.1. The molecule has 2 aromatic heterocycles. The van der Waals surface area contributed by atoms with E-state index in [1.165, 1.54) is 12.4 Å². The smallest absolute Gasteiger partial charge is 0.410 e. The number of hydrogen-bond donors (Lipinski definition) is 3. The molecule has 0 bridgehead atoms. The second kappa shape index (κ2) is 18.4. The molecule has 2 aliphatic rings. The average Bonchev–Trinajstić information content (AvgIpc) is 3.13. The molecule has 0 unspecified atom stereocenters. The van der Waals surface area contributed by atoms with Crippen molar-refractivity contribution in [3.63, 3.8) is 0 Å². The number of hydrogen-bond acceptors (Lipinski definition) is 13. The minimum absolute atomic E-state index is 0.0554. The molecule has 2 atom stereocenters. The summed E-state index contributed by atoms with van der Waals surface area (Å²) in [6.07, 6.45) is 4.15. The molecular weight excluding hydrogens is 704 g/mol. The second-order valence-corrected chi connectivity index (χ2v) is 12.6. The summed E-state index contributed by atoms with van der Waals surface area (Å²) in [5.41, 5.74) is 2.95. The summed E-state index contributed by atoms with van der Waals surface area (Å²) in [6, 6.07) is 15.1. The number of carbonyl (C=O) groups is 1. The Hall–Kier alpha value is -5.33. The highest BCUT2D eigenvalue weighted by atomic mass is 19.3. The zero-order valence-corrected chi connectivity index (χ0v) is 29.2. The van der Waals surface area contributed by atoms with Gasteiger partial charge in [-0.05, 0) is 56.2 Å². The topological polar surface area (TPSA) is 154 Å². The summed E-state index contributed by atoms with van der Waals surface area (Å²) < 4.78 is 73.8. The van der Waals surface area contributed by atoms with Crippen LogP contribution in [0.15, 0.2) is 73.3 Å². The highest BCUT2D eigenvalue weighted by Crippen LogP contribution is 2.26. The Bertz CT molecular complexity index is 1710. The molecule has 1 amide bonds. The maximum Gasteiger partial charge on any atom is 0.410 e. The van der Waals surface area contributed by atoms with Gasteiger partial charge in [0.1, 0.15) is 11.7 Å². The van der Waals surface area contributed by atoms with E-state index < -0.39 is 18.8 Å². The van der Waals surface area contributed by atoms with Crippen molar-refractivity contribution in [2.75, 3.05) is 50.0 Å². The first-order valence-corrected chi connectivity index (χ1v) is 16.6. The third kappa shape index (κ3) is 12.7. The molecule has 2 aromatic carbocycles. The van der Waals surface area contributed by atoms with Crippen molar-refractivity contribution >= 4 is 29.4 Å². The summed E-state index contributed by atoms with van der Waals surface area (Å²) in [4.78, 5) is 29.7. The van der Waals surface area contributed by atoms with E-state index >= 15 is 0 Å². The van der Waals surface area contributed by atoms with Crippen LogP contribution in [-0.2, 0) is 14.2 Å². The number of halogens is 4. The van der Waals surface area contributed by atoms with Crippen molar-refractivity contribution in [1.29, 1.82) is 0 Å². The predicted molar refractivity (Wildman–Crippen MR) is 185 cm³/mol. The quantitative estimate of drug-likeness (QED) is 0.149. The van der Waals surface area contributed by atoms with E-state index in [1.807, 2.05) is 69.3 Å². The first-order chi connectivity index (χ1) is 25.4. The zero-order valence-electron chi connectivity index (χ0n) is 29.2. The van der Waals surface area contributed by atoms with Crippen LogP contribution in [0.3, 0.4) is 0 Å². The lowest BCUT2D eigenvalue weighted by Crippen LogP contribution is -2.44. The van der Waals surface area contributed by atoms with Crippen LogP contribution in [0.5, 0.6) is 11.5 Å². The molecule has 53 heavy (non-hydrogen) atoms. The maximum absolute atomic E-state index is 12.3. The minimum Gasteiger partial charge on any atom is -0.444 e. The van der Waals surface area contributed by atoms with Gasteiger partial charge in [-0.15, -0.1) is 0 Å². The van der Waals surface area contributed by atoms with Gasteiger partial charge >= 0.3 is 19.3 Å². The summed E-state index contributed by atoms with van der Waals surface area (Å²) in [6.45, 7) is 3.35.